The van der Waals surface area contributed by atoms with E-state index in [-0.39, 0.29) is 0 Å². The molecule has 13 heavy (non-hydrogen) atoms. The summed E-state index contributed by atoms with van der Waals surface area (Å²) in [5, 5.41) is 0. The molecule has 0 radical (unpaired) electrons. The van der Waals surface area contributed by atoms with Crippen molar-refractivity contribution in [3.05, 3.63) is 0 Å². The Hall–Kier alpha value is -0.120. The lowest BCUT2D eigenvalue weighted by molar-refractivity contribution is 0.107. The number of ether oxygens (including phenoxy) is 1. The van der Waals surface area contributed by atoms with Crippen LogP contribution in [0.25, 0.3) is 0 Å². The van der Waals surface area contributed by atoms with Crippen molar-refractivity contribution in [1.29, 1.82) is 0 Å². The first kappa shape index (κ1) is 11.0. The zero-order chi connectivity index (χ0) is 9.84. The Balaban J connectivity index is 2.22. The van der Waals surface area contributed by atoms with Gasteiger partial charge in [-0.3, -0.25) is 4.90 Å². The second-order valence-electron chi connectivity index (χ2n) is 4.26. The minimum Gasteiger partial charge on any atom is -0.383 e. The highest BCUT2D eigenvalue weighted by Crippen LogP contribution is 2.38. The molecule has 3 heteroatoms. The Labute approximate surface area is 81.2 Å². The third kappa shape index (κ3) is 3.25. The zero-order valence-electron chi connectivity index (χ0n) is 8.99. The summed E-state index contributed by atoms with van der Waals surface area (Å²) in [4.78, 5) is 2.33. The summed E-state index contributed by atoms with van der Waals surface area (Å²) < 4.78 is 5.12. The van der Waals surface area contributed by atoms with E-state index < -0.39 is 0 Å². The number of methoxy groups -OCH3 is 1. The molecular weight excluding hydrogens is 164 g/mol. The van der Waals surface area contributed by atoms with Crippen molar-refractivity contribution in [3.63, 3.8) is 0 Å². The lowest BCUT2D eigenvalue weighted by Gasteiger charge is -2.26. The first-order chi connectivity index (χ1) is 6.19. The molecule has 1 fully saturated rings. The third-order valence-corrected chi connectivity index (χ3v) is 3.05. The monoisotopic (exact) mass is 186 g/mol. The van der Waals surface area contributed by atoms with E-state index in [0.29, 0.717) is 12.6 Å². The number of hydrogen-bond donors (Lipinski definition) is 1. The molecule has 78 valence electrons. The topological polar surface area (TPSA) is 38.5 Å². The second-order valence-corrected chi connectivity index (χ2v) is 4.26. The van der Waals surface area contributed by atoms with Crippen molar-refractivity contribution in [1.82, 2.24) is 4.90 Å². The molecule has 0 aromatic carbocycles. The molecule has 1 saturated carbocycles. The first-order valence-corrected chi connectivity index (χ1v) is 5.08. The van der Waals surface area contributed by atoms with Crippen LogP contribution in [0.3, 0.4) is 0 Å². The van der Waals surface area contributed by atoms with E-state index in [4.69, 9.17) is 10.5 Å². The SMILES string of the molecule is COCC(CN)N(C)CC1CC1C. The molecule has 0 bridgehead atoms. The van der Waals surface area contributed by atoms with Gasteiger partial charge in [-0.05, 0) is 25.3 Å². The lowest BCUT2D eigenvalue weighted by atomic mass is 10.2. The second kappa shape index (κ2) is 4.94. The molecular formula is C10H22N2O. The molecule has 0 aromatic rings. The van der Waals surface area contributed by atoms with Gasteiger partial charge in [-0.2, -0.15) is 0 Å². The predicted molar refractivity (Wildman–Crippen MR) is 54.6 cm³/mol. The molecule has 0 aromatic heterocycles. The van der Waals surface area contributed by atoms with Gasteiger partial charge in [0.15, 0.2) is 0 Å². The van der Waals surface area contributed by atoms with Crippen LogP contribution in [0.5, 0.6) is 0 Å². The molecule has 3 atom stereocenters. The Morgan fingerprint density at radius 3 is 2.62 bits per heavy atom. The van der Waals surface area contributed by atoms with E-state index >= 15 is 0 Å². The molecule has 0 heterocycles. The van der Waals surface area contributed by atoms with Crippen LogP contribution in [0.4, 0.5) is 0 Å². The van der Waals surface area contributed by atoms with Crippen molar-refractivity contribution in [2.45, 2.75) is 19.4 Å². The molecule has 3 nitrogen and oxygen atoms in total. The van der Waals surface area contributed by atoms with Crippen LogP contribution >= 0.6 is 0 Å². The lowest BCUT2D eigenvalue weighted by Crippen LogP contribution is -2.42. The normalized spacial score (nSPS) is 29.3. The Bertz CT molecular complexity index is 152. The zero-order valence-corrected chi connectivity index (χ0v) is 8.99. The third-order valence-electron chi connectivity index (χ3n) is 3.05. The van der Waals surface area contributed by atoms with E-state index in [1.54, 1.807) is 7.11 Å². The summed E-state index contributed by atoms with van der Waals surface area (Å²) in [7, 11) is 3.87. The molecule has 3 unspecified atom stereocenters. The van der Waals surface area contributed by atoms with Gasteiger partial charge in [0.25, 0.3) is 0 Å². The van der Waals surface area contributed by atoms with Crippen LogP contribution in [-0.2, 0) is 4.74 Å². The summed E-state index contributed by atoms with van der Waals surface area (Å²) in [6.45, 7) is 4.91. The molecule has 0 spiro atoms. The Morgan fingerprint density at radius 2 is 2.23 bits per heavy atom. The van der Waals surface area contributed by atoms with Gasteiger partial charge < -0.3 is 10.5 Å². The molecule has 0 amide bonds. The summed E-state index contributed by atoms with van der Waals surface area (Å²) in [6, 6.07) is 0.387. The number of likely N-dealkylation sites (N-methyl/N-ethyl adjacent to an activating group) is 1. The van der Waals surface area contributed by atoms with Gasteiger partial charge in [-0.25, -0.2) is 0 Å². The highest BCUT2D eigenvalue weighted by molar-refractivity contribution is 4.86. The average Bonchev–Trinajstić information content (AvgIpc) is 2.77. The fourth-order valence-corrected chi connectivity index (χ4v) is 1.74. The van der Waals surface area contributed by atoms with Crippen LogP contribution in [0.15, 0.2) is 0 Å². The van der Waals surface area contributed by atoms with Crippen molar-refractivity contribution >= 4 is 0 Å². The van der Waals surface area contributed by atoms with Gasteiger partial charge in [-0.1, -0.05) is 6.92 Å². The summed E-state index contributed by atoms with van der Waals surface area (Å²) in [5.41, 5.74) is 5.67. The van der Waals surface area contributed by atoms with Crippen LogP contribution < -0.4 is 5.73 Å². The number of rotatable bonds is 6. The van der Waals surface area contributed by atoms with Crippen LogP contribution in [0, 0.1) is 11.8 Å². The molecule has 0 saturated heterocycles. The van der Waals surface area contributed by atoms with Crippen molar-refractivity contribution in [2.24, 2.45) is 17.6 Å². The fraction of sp³-hybridized carbons (Fsp3) is 1.00. The Kier molecular flexibility index (Phi) is 4.16. The highest BCUT2D eigenvalue weighted by Gasteiger charge is 2.34. The highest BCUT2D eigenvalue weighted by atomic mass is 16.5. The van der Waals surface area contributed by atoms with Gasteiger partial charge in [-0.15, -0.1) is 0 Å². The maximum Gasteiger partial charge on any atom is 0.0630 e. The quantitative estimate of drug-likeness (QED) is 0.658. The van der Waals surface area contributed by atoms with Gasteiger partial charge in [0.05, 0.1) is 6.61 Å². The molecule has 2 N–H and O–H groups in total. The van der Waals surface area contributed by atoms with Crippen LogP contribution in [0.2, 0.25) is 0 Å². The first-order valence-electron chi connectivity index (χ1n) is 5.08. The van der Waals surface area contributed by atoms with Gasteiger partial charge in [0.2, 0.25) is 0 Å². The van der Waals surface area contributed by atoms with Crippen molar-refractivity contribution in [3.8, 4) is 0 Å². The van der Waals surface area contributed by atoms with Gasteiger partial charge >= 0.3 is 0 Å². The van der Waals surface area contributed by atoms with Gasteiger partial charge in [0.1, 0.15) is 0 Å². The van der Waals surface area contributed by atoms with Crippen molar-refractivity contribution < 1.29 is 4.74 Å². The van der Waals surface area contributed by atoms with Crippen LogP contribution in [-0.4, -0.2) is 44.8 Å². The Morgan fingerprint density at radius 1 is 1.62 bits per heavy atom. The minimum absolute atomic E-state index is 0.387. The van der Waals surface area contributed by atoms with E-state index in [1.807, 2.05) is 0 Å². The summed E-state index contributed by atoms with van der Waals surface area (Å²) >= 11 is 0. The predicted octanol–water partition coefficient (Wildman–Crippen LogP) is 0.548. The number of nitrogens with two attached hydrogens (primary N) is 1. The largest absolute Gasteiger partial charge is 0.383 e. The van der Waals surface area contributed by atoms with E-state index in [2.05, 4.69) is 18.9 Å². The molecule has 1 aliphatic rings. The molecule has 0 aliphatic heterocycles. The van der Waals surface area contributed by atoms with E-state index in [0.717, 1.165) is 18.4 Å². The van der Waals surface area contributed by atoms with E-state index in [1.165, 1.54) is 13.0 Å². The minimum atomic E-state index is 0.387. The summed E-state index contributed by atoms with van der Waals surface area (Å²) in [6.07, 6.45) is 1.38. The maximum absolute atomic E-state index is 5.67. The number of nitrogens with zero attached hydrogens (tertiary/aromatic N) is 1. The van der Waals surface area contributed by atoms with E-state index in [9.17, 15) is 0 Å². The average molecular weight is 186 g/mol. The molecule has 1 rings (SSSR count). The smallest absolute Gasteiger partial charge is 0.0630 e. The fourth-order valence-electron chi connectivity index (χ4n) is 1.74. The standard InChI is InChI=1S/C10H22N2O/c1-8-4-9(8)6-12(2)10(5-11)7-13-3/h8-10H,4-7,11H2,1-3H3. The summed E-state index contributed by atoms with van der Waals surface area (Å²) in [5.74, 6) is 1.82. The van der Waals surface area contributed by atoms with Gasteiger partial charge in [0, 0.05) is 26.2 Å². The number of hydrogen-bond acceptors (Lipinski definition) is 3. The maximum atomic E-state index is 5.67. The van der Waals surface area contributed by atoms with Crippen molar-refractivity contribution in [2.75, 3.05) is 33.9 Å². The van der Waals surface area contributed by atoms with Crippen LogP contribution in [0.1, 0.15) is 13.3 Å². The molecule has 1 aliphatic carbocycles.